The summed E-state index contributed by atoms with van der Waals surface area (Å²) in [5.41, 5.74) is 2.24. The van der Waals surface area contributed by atoms with Crippen molar-refractivity contribution in [2.24, 2.45) is 7.05 Å². The molecule has 1 aliphatic rings. The average Bonchev–Trinajstić information content (AvgIpc) is 2.93. The van der Waals surface area contributed by atoms with Crippen molar-refractivity contribution in [2.75, 3.05) is 25.6 Å². The van der Waals surface area contributed by atoms with E-state index in [9.17, 15) is 4.79 Å². The molecular formula is C17H18N4O2. The summed E-state index contributed by atoms with van der Waals surface area (Å²) < 4.78 is 7.43. The fraction of sp³-hybridized carbons (Fsp3) is 0.294. The second-order valence-corrected chi connectivity index (χ2v) is 5.36. The van der Waals surface area contributed by atoms with Crippen LogP contribution < -0.4 is 15.0 Å². The highest BCUT2D eigenvalue weighted by atomic mass is 16.5. The van der Waals surface area contributed by atoms with Crippen LogP contribution in [0.2, 0.25) is 0 Å². The van der Waals surface area contributed by atoms with E-state index in [0.717, 1.165) is 11.3 Å². The van der Waals surface area contributed by atoms with E-state index in [0.29, 0.717) is 18.1 Å². The summed E-state index contributed by atoms with van der Waals surface area (Å²) in [6.45, 7) is 0.311. The number of fused-ring (bicyclic) bond motifs is 1. The van der Waals surface area contributed by atoms with Crippen molar-refractivity contribution in [1.29, 1.82) is 0 Å². The topological polar surface area (TPSA) is 59.4 Å². The second kappa shape index (κ2) is 6.15. The van der Waals surface area contributed by atoms with Crippen molar-refractivity contribution >= 4 is 11.6 Å². The van der Waals surface area contributed by atoms with Gasteiger partial charge in [0.05, 0.1) is 5.69 Å². The van der Waals surface area contributed by atoms with Gasteiger partial charge in [0.25, 0.3) is 0 Å². The summed E-state index contributed by atoms with van der Waals surface area (Å²) in [5.74, 6) is 6.74. The SMILES string of the molecule is CN[C@H]1COc2ccc(C#Cc3ccn(C)n3)cc2N(C)C1=O. The molecule has 0 bridgehead atoms. The lowest BCUT2D eigenvalue weighted by Gasteiger charge is -2.19. The maximum atomic E-state index is 12.4. The Morgan fingerprint density at radius 2 is 2.13 bits per heavy atom. The van der Waals surface area contributed by atoms with Gasteiger partial charge in [-0.15, -0.1) is 0 Å². The van der Waals surface area contributed by atoms with Gasteiger partial charge in [-0.2, -0.15) is 5.10 Å². The Kier molecular flexibility index (Phi) is 4.04. The number of rotatable bonds is 1. The standard InChI is InChI=1S/C17H18N4O2/c1-18-14-11-23-16-7-5-12(10-15(16)21(3)17(14)22)4-6-13-8-9-20(2)19-13/h5,7-10,14,18H,11H2,1-3H3/t14-/m0/s1. The summed E-state index contributed by atoms with van der Waals surface area (Å²) in [5, 5.41) is 7.19. The number of amides is 1. The first-order valence-corrected chi connectivity index (χ1v) is 7.32. The molecule has 0 aliphatic carbocycles. The molecule has 0 unspecified atom stereocenters. The summed E-state index contributed by atoms with van der Waals surface area (Å²) in [6.07, 6.45) is 1.85. The van der Waals surface area contributed by atoms with Crippen LogP contribution in [0.15, 0.2) is 30.5 Å². The molecule has 23 heavy (non-hydrogen) atoms. The number of nitrogens with one attached hydrogen (secondary N) is 1. The minimum Gasteiger partial charge on any atom is -0.489 e. The first-order chi connectivity index (χ1) is 11.1. The van der Waals surface area contributed by atoms with Gasteiger partial charge in [-0.3, -0.25) is 9.48 Å². The van der Waals surface area contributed by atoms with E-state index in [2.05, 4.69) is 22.3 Å². The van der Waals surface area contributed by atoms with E-state index in [-0.39, 0.29) is 11.9 Å². The maximum Gasteiger partial charge on any atom is 0.247 e. The number of nitrogens with zero attached hydrogens (tertiary/aromatic N) is 3. The van der Waals surface area contributed by atoms with Gasteiger partial charge in [-0.25, -0.2) is 0 Å². The number of anilines is 1. The number of aromatic nitrogens is 2. The minimum absolute atomic E-state index is 0.0268. The van der Waals surface area contributed by atoms with Crippen LogP contribution in [0.5, 0.6) is 5.75 Å². The molecule has 1 amide bonds. The molecule has 3 rings (SSSR count). The molecule has 2 aromatic rings. The van der Waals surface area contributed by atoms with Gasteiger partial charge in [0.15, 0.2) is 0 Å². The smallest absolute Gasteiger partial charge is 0.247 e. The van der Waals surface area contributed by atoms with E-state index in [1.54, 1.807) is 23.7 Å². The van der Waals surface area contributed by atoms with Crippen LogP contribution in [-0.4, -0.2) is 42.4 Å². The van der Waals surface area contributed by atoms with Crippen LogP contribution >= 0.6 is 0 Å². The van der Waals surface area contributed by atoms with E-state index in [1.807, 2.05) is 37.5 Å². The molecule has 0 saturated carbocycles. The van der Waals surface area contributed by atoms with Gasteiger partial charge < -0.3 is 15.0 Å². The van der Waals surface area contributed by atoms with Crippen molar-refractivity contribution in [3.05, 3.63) is 41.7 Å². The number of likely N-dealkylation sites (N-methyl/N-ethyl adjacent to an activating group) is 2. The molecule has 6 heteroatoms. The maximum absolute atomic E-state index is 12.4. The molecule has 6 nitrogen and oxygen atoms in total. The number of hydrogen-bond acceptors (Lipinski definition) is 4. The van der Waals surface area contributed by atoms with Gasteiger partial charge >= 0.3 is 0 Å². The third kappa shape index (κ3) is 3.05. The van der Waals surface area contributed by atoms with Gasteiger partial charge in [0.2, 0.25) is 5.91 Å². The zero-order valence-electron chi connectivity index (χ0n) is 13.3. The van der Waals surface area contributed by atoms with Crippen molar-refractivity contribution in [1.82, 2.24) is 15.1 Å². The number of ether oxygens (including phenoxy) is 1. The number of aryl methyl sites for hydroxylation is 1. The van der Waals surface area contributed by atoms with Crippen molar-refractivity contribution < 1.29 is 9.53 Å². The van der Waals surface area contributed by atoms with Crippen LogP contribution in [0.4, 0.5) is 5.69 Å². The molecule has 2 heterocycles. The number of carbonyl (C=O) groups is 1. The molecule has 1 aliphatic heterocycles. The fourth-order valence-corrected chi connectivity index (χ4v) is 2.40. The van der Waals surface area contributed by atoms with Crippen LogP contribution in [0.1, 0.15) is 11.3 Å². The normalized spacial score (nSPS) is 16.9. The van der Waals surface area contributed by atoms with Crippen LogP contribution in [0.3, 0.4) is 0 Å². The molecule has 1 N–H and O–H groups in total. The average molecular weight is 310 g/mol. The Morgan fingerprint density at radius 3 is 2.83 bits per heavy atom. The summed E-state index contributed by atoms with van der Waals surface area (Å²) >= 11 is 0. The Labute approximate surface area is 135 Å². The van der Waals surface area contributed by atoms with E-state index in [4.69, 9.17) is 4.74 Å². The van der Waals surface area contributed by atoms with Crippen molar-refractivity contribution in [3.8, 4) is 17.6 Å². The van der Waals surface area contributed by atoms with Gasteiger partial charge in [-0.05, 0) is 37.2 Å². The van der Waals surface area contributed by atoms with Gasteiger partial charge in [-0.1, -0.05) is 5.92 Å². The predicted octanol–water partition coefficient (Wildman–Crippen LogP) is 0.763. The quantitative estimate of drug-likeness (QED) is 0.790. The number of carbonyl (C=O) groups excluding carboxylic acids is 1. The second-order valence-electron chi connectivity index (χ2n) is 5.36. The lowest BCUT2D eigenvalue weighted by Crippen LogP contribution is -2.45. The molecule has 1 atom stereocenters. The highest BCUT2D eigenvalue weighted by Gasteiger charge is 2.28. The summed E-state index contributed by atoms with van der Waals surface area (Å²) in [7, 11) is 5.35. The molecule has 1 aromatic carbocycles. The van der Waals surface area contributed by atoms with Gasteiger partial charge in [0, 0.05) is 25.9 Å². The lowest BCUT2D eigenvalue weighted by atomic mass is 10.1. The molecule has 1 aromatic heterocycles. The van der Waals surface area contributed by atoms with Crippen molar-refractivity contribution in [2.45, 2.75) is 6.04 Å². The third-order valence-electron chi connectivity index (χ3n) is 3.75. The van der Waals surface area contributed by atoms with Crippen LogP contribution in [0, 0.1) is 11.8 Å². The predicted molar refractivity (Wildman–Crippen MR) is 87.4 cm³/mol. The Balaban J connectivity index is 1.92. The van der Waals surface area contributed by atoms with E-state index < -0.39 is 0 Å². The monoisotopic (exact) mass is 310 g/mol. The van der Waals surface area contributed by atoms with Crippen LogP contribution in [0.25, 0.3) is 0 Å². The van der Waals surface area contributed by atoms with E-state index >= 15 is 0 Å². The first-order valence-electron chi connectivity index (χ1n) is 7.32. The van der Waals surface area contributed by atoms with Crippen LogP contribution in [-0.2, 0) is 11.8 Å². The molecule has 0 radical (unpaired) electrons. The third-order valence-corrected chi connectivity index (χ3v) is 3.75. The molecule has 0 spiro atoms. The van der Waals surface area contributed by atoms with E-state index in [1.165, 1.54) is 0 Å². The Bertz CT molecular complexity index is 800. The van der Waals surface area contributed by atoms with Gasteiger partial charge in [0.1, 0.15) is 24.1 Å². The number of hydrogen-bond donors (Lipinski definition) is 1. The molecule has 118 valence electrons. The largest absolute Gasteiger partial charge is 0.489 e. The summed E-state index contributed by atoms with van der Waals surface area (Å²) in [4.78, 5) is 14.0. The number of benzene rings is 1. The summed E-state index contributed by atoms with van der Waals surface area (Å²) in [6, 6.07) is 7.09. The first kappa shape index (κ1) is 15.1. The zero-order chi connectivity index (χ0) is 16.4. The molecule has 0 saturated heterocycles. The fourth-order valence-electron chi connectivity index (χ4n) is 2.40. The lowest BCUT2D eigenvalue weighted by molar-refractivity contribution is -0.120. The Hall–Kier alpha value is -2.78. The zero-order valence-corrected chi connectivity index (χ0v) is 13.3. The highest BCUT2D eigenvalue weighted by molar-refractivity contribution is 5.99. The Morgan fingerprint density at radius 1 is 1.30 bits per heavy atom. The van der Waals surface area contributed by atoms with Crippen molar-refractivity contribution in [3.63, 3.8) is 0 Å². The molecule has 0 fully saturated rings. The highest BCUT2D eigenvalue weighted by Crippen LogP contribution is 2.31. The minimum atomic E-state index is -0.351. The molecular weight excluding hydrogens is 292 g/mol.